The maximum atomic E-state index is 12.2. The standard InChI is InChI=1S/C15H16N2O2/c1-17(11-12-7-4-3-5-8-12)15(18)13-9-6-10-14(16-13)19-2/h3-10H,11H2,1-2H3. The molecule has 2 aromatic rings. The van der Waals surface area contributed by atoms with E-state index in [1.807, 2.05) is 30.3 Å². The summed E-state index contributed by atoms with van der Waals surface area (Å²) in [5.41, 5.74) is 1.47. The van der Waals surface area contributed by atoms with Gasteiger partial charge >= 0.3 is 0 Å². The molecule has 2 rings (SSSR count). The summed E-state index contributed by atoms with van der Waals surface area (Å²) in [4.78, 5) is 18.0. The van der Waals surface area contributed by atoms with Crippen molar-refractivity contribution in [3.8, 4) is 5.88 Å². The minimum absolute atomic E-state index is 0.122. The molecule has 0 bridgehead atoms. The average Bonchev–Trinajstić information content (AvgIpc) is 2.47. The van der Waals surface area contributed by atoms with Gasteiger partial charge in [-0.3, -0.25) is 4.79 Å². The van der Waals surface area contributed by atoms with Gasteiger partial charge in [-0.05, 0) is 11.6 Å². The van der Waals surface area contributed by atoms with Crippen LogP contribution in [0, 0.1) is 0 Å². The van der Waals surface area contributed by atoms with Crippen LogP contribution < -0.4 is 4.74 Å². The Bertz CT molecular complexity index is 555. The summed E-state index contributed by atoms with van der Waals surface area (Å²) in [6.45, 7) is 0.554. The number of nitrogens with zero attached hydrogens (tertiary/aromatic N) is 2. The molecule has 98 valence electrons. The highest BCUT2D eigenvalue weighted by atomic mass is 16.5. The molecule has 0 spiro atoms. The summed E-state index contributed by atoms with van der Waals surface area (Å²) in [5.74, 6) is 0.321. The molecular weight excluding hydrogens is 240 g/mol. The van der Waals surface area contributed by atoms with Gasteiger partial charge in [0.1, 0.15) is 5.69 Å². The Labute approximate surface area is 112 Å². The fourth-order valence-electron chi connectivity index (χ4n) is 1.77. The van der Waals surface area contributed by atoms with E-state index in [1.54, 1.807) is 30.1 Å². The van der Waals surface area contributed by atoms with E-state index in [1.165, 1.54) is 7.11 Å². The minimum atomic E-state index is -0.122. The van der Waals surface area contributed by atoms with Crippen molar-refractivity contribution < 1.29 is 9.53 Å². The number of methoxy groups -OCH3 is 1. The number of aromatic nitrogens is 1. The summed E-state index contributed by atoms with van der Waals surface area (Å²) in [5, 5.41) is 0. The van der Waals surface area contributed by atoms with E-state index in [0.29, 0.717) is 18.1 Å². The van der Waals surface area contributed by atoms with Crippen LogP contribution in [0.5, 0.6) is 5.88 Å². The zero-order chi connectivity index (χ0) is 13.7. The number of carbonyl (C=O) groups is 1. The average molecular weight is 256 g/mol. The van der Waals surface area contributed by atoms with Crippen LogP contribution >= 0.6 is 0 Å². The monoisotopic (exact) mass is 256 g/mol. The highest BCUT2D eigenvalue weighted by Gasteiger charge is 2.13. The molecular formula is C15H16N2O2. The molecule has 0 aliphatic rings. The highest BCUT2D eigenvalue weighted by Crippen LogP contribution is 2.10. The third kappa shape index (κ3) is 3.31. The molecule has 0 saturated heterocycles. The lowest BCUT2D eigenvalue weighted by molar-refractivity contribution is 0.0778. The summed E-state index contributed by atoms with van der Waals surface area (Å²) in [6.07, 6.45) is 0. The number of rotatable bonds is 4. The third-order valence-electron chi connectivity index (χ3n) is 2.76. The molecule has 0 radical (unpaired) electrons. The largest absolute Gasteiger partial charge is 0.481 e. The highest BCUT2D eigenvalue weighted by molar-refractivity contribution is 5.92. The van der Waals surface area contributed by atoms with E-state index in [-0.39, 0.29) is 5.91 Å². The fourth-order valence-corrected chi connectivity index (χ4v) is 1.77. The summed E-state index contributed by atoms with van der Waals surface area (Å²) in [7, 11) is 3.29. The van der Waals surface area contributed by atoms with Crippen molar-refractivity contribution in [1.82, 2.24) is 9.88 Å². The van der Waals surface area contributed by atoms with Crippen LogP contribution in [-0.4, -0.2) is 29.9 Å². The molecule has 0 saturated carbocycles. The van der Waals surface area contributed by atoms with Crippen molar-refractivity contribution in [2.75, 3.05) is 14.2 Å². The molecule has 1 aromatic carbocycles. The second-order valence-corrected chi connectivity index (χ2v) is 4.21. The molecule has 0 aliphatic heterocycles. The maximum Gasteiger partial charge on any atom is 0.272 e. The molecule has 0 atom stereocenters. The minimum Gasteiger partial charge on any atom is -0.481 e. The van der Waals surface area contributed by atoms with Gasteiger partial charge in [-0.1, -0.05) is 36.4 Å². The molecule has 19 heavy (non-hydrogen) atoms. The zero-order valence-electron chi connectivity index (χ0n) is 11.0. The first kappa shape index (κ1) is 13.1. The number of hydrogen-bond donors (Lipinski definition) is 0. The molecule has 0 aliphatic carbocycles. The molecule has 1 amide bonds. The van der Waals surface area contributed by atoms with E-state index in [9.17, 15) is 4.79 Å². The fraction of sp³-hybridized carbons (Fsp3) is 0.200. The lowest BCUT2D eigenvalue weighted by Gasteiger charge is -2.17. The summed E-state index contributed by atoms with van der Waals surface area (Å²) < 4.78 is 5.02. The van der Waals surface area contributed by atoms with Crippen LogP contribution in [0.25, 0.3) is 0 Å². The van der Waals surface area contributed by atoms with Crippen LogP contribution in [0.15, 0.2) is 48.5 Å². The van der Waals surface area contributed by atoms with Gasteiger partial charge in [0.15, 0.2) is 0 Å². The molecule has 0 fully saturated rings. The smallest absolute Gasteiger partial charge is 0.272 e. The Hall–Kier alpha value is -2.36. The van der Waals surface area contributed by atoms with Crippen molar-refractivity contribution in [2.24, 2.45) is 0 Å². The van der Waals surface area contributed by atoms with Gasteiger partial charge in [-0.2, -0.15) is 0 Å². The Morgan fingerprint density at radius 3 is 2.58 bits per heavy atom. The van der Waals surface area contributed by atoms with Crippen LogP contribution in [0.2, 0.25) is 0 Å². The molecule has 1 aromatic heterocycles. The first-order valence-corrected chi connectivity index (χ1v) is 6.01. The zero-order valence-corrected chi connectivity index (χ0v) is 11.0. The van der Waals surface area contributed by atoms with E-state index in [2.05, 4.69) is 4.98 Å². The number of hydrogen-bond acceptors (Lipinski definition) is 3. The molecule has 0 N–H and O–H groups in total. The summed E-state index contributed by atoms with van der Waals surface area (Å²) in [6, 6.07) is 15.0. The first-order chi connectivity index (χ1) is 9.20. The Kier molecular flexibility index (Phi) is 4.13. The predicted octanol–water partition coefficient (Wildman–Crippen LogP) is 2.36. The Balaban J connectivity index is 2.10. The number of benzene rings is 1. The van der Waals surface area contributed by atoms with Crippen molar-refractivity contribution >= 4 is 5.91 Å². The van der Waals surface area contributed by atoms with Gasteiger partial charge in [0.05, 0.1) is 7.11 Å². The van der Waals surface area contributed by atoms with Crippen molar-refractivity contribution in [2.45, 2.75) is 6.54 Å². The Morgan fingerprint density at radius 2 is 1.89 bits per heavy atom. The van der Waals surface area contributed by atoms with Crippen LogP contribution in [0.3, 0.4) is 0 Å². The van der Waals surface area contributed by atoms with Crippen LogP contribution in [0.1, 0.15) is 16.1 Å². The van der Waals surface area contributed by atoms with Crippen LogP contribution in [0.4, 0.5) is 0 Å². The third-order valence-corrected chi connectivity index (χ3v) is 2.76. The number of ether oxygens (including phenoxy) is 1. The van der Waals surface area contributed by atoms with Gasteiger partial charge in [0, 0.05) is 19.7 Å². The second-order valence-electron chi connectivity index (χ2n) is 4.21. The van der Waals surface area contributed by atoms with Crippen molar-refractivity contribution in [1.29, 1.82) is 0 Å². The normalized spacial score (nSPS) is 10.0. The lowest BCUT2D eigenvalue weighted by atomic mass is 10.2. The quantitative estimate of drug-likeness (QED) is 0.843. The van der Waals surface area contributed by atoms with Gasteiger partial charge < -0.3 is 9.64 Å². The molecule has 4 heteroatoms. The van der Waals surface area contributed by atoms with Crippen molar-refractivity contribution in [3.63, 3.8) is 0 Å². The maximum absolute atomic E-state index is 12.2. The van der Waals surface area contributed by atoms with E-state index < -0.39 is 0 Å². The molecule has 0 unspecified atom stereocenters. The van der Waals surface area contributed by atoms with E-state index in [4.69, 9.17) is 4.74 Å². The van der Waals surface area contributed by atoms with E-state index >= 15 is 0 Å². The van der Waals surface area contributed by atoms with Gasteiger partial charge in [-0.25, -0.2) is 4.98 Å². The Morgan fingerprint density at radius 1 is 1.16 bits per heavy atom. The van der Waals surface area contributed by atoms with Gasteiger partial charge in [0.25, 0.3) is 5.91 Å². The van der Waals surface area contributed by atoms with Crippen LogP contribution in [-0.2, 0) is 6.54 Å². The predicted molar refractivity (Wildman–Crippen MR) is 73.0 cm³/mol. The molecule has 4 nitrogen and oxygen atoms in total. The topological polar surface area (TPSA) is 42.4 Å². The SMILES string of the molecule is COc1cccc(C(=O)N(C)Cc2ccccc2)n1. The van der Waals surface area contributed by atoms with Gasteiger partial charge in [-0.15, -0.1) is 0 Å². The second kappa shape index (κ2) is 6.00. The number of pyridine rings is 1. The van der Waals surface area contributed by atoms with Gasteiger partial charge in [0.2, 0.25) is 5.88 Å². The van der Waals surface area contributed by atoms with Crippen molar-refractivity contribution in [3.05, 3.63) is 59.8 Å². The number of amides is 1. The van der Waals surface area contributed by atoms with E-state index in [0.717, 1.165) is 5.56 Å². The number of carbonyl (C=O) groups excluding carboxylic acids is 1. The summed E-state index contributed by atoms with van der Waals surface area (Å²) >= 11 is 0. The lowest BCUT2D eigenvalue weighted by Crippen LogP contribution is -2.27. The molecule has 1 heterocycles. The first-order valence-electron chi connectivity index (χ1n) is 6.01.